The summed E-state index contributed by atoms with van der Waals surface area (Å²) in [7, 11) is 0. The third kappa shape index (κ3) is 3.85. The van der Waals surface area contributed by atoms with E-state index in [2.05, 4.69) is 10.1 Å². The predicted molar refractivity (Wildman–Crippen MR) is 95.6 cm³/mol. The van der Waals surface area contributed by atoms with Crippen molar-refractivity contribution in [3.63, 3.8) is 0 Å². The lowest BCUT2D eigenvalue weighted by Gasteiger charge is -2.53. The fourth-order valence-electron chi connectivity index (χ4n) is 3.12. The van der Waals surface area contributed by atoms with E-state index in [1.54, 1.807) is 0 Å². The summed E-state index contributed by atoms with van der Waals surface area (Å²) in [4.78, 5) is 48.5. The minimum atomic E-state index is -1.41. The molecule has 0 aliphatic carbocycles. The number of hydrogen-bond acceptors (Lipinski definition) is 6. The molecule has 27 heavy (non-hydrogen) atoms. The lowest BCUT2D eigenvalue weighted by molar-refractivity contribution is -0.161. The Balaban J connectivity index is 1.60. The number of carbonyl (C=O) groups is 4. The highest BCUT2D eigenvalue weighted by atomic mass is 32.2. The normalized spacial score (nSPS) is 26.5. The zero-order valence-corrected chi connectivity index (χ0v) is 15.1. The number of nitrogens with one attached hydrogen (secondary N) is 1. The summed E-state index contributed by atoms with van der Waals surface area (Å²) in [5.74, 6) is -1.65. The van der Waals surface area contributed by atoms with Crippen LogP contribution in [0.4, 0.5) is 4.79 Å². The molecule has 144 valence electrons. The third-order valence-corrected chi connectivity index (χ3v) is 6.20. The molecule has 2 aliphatic rings. The smallest absolute Gasteiger partial charge is 0.404 e. The number of ether oxygens (including phenoxy) is 1. The molecule has 3 rings (SSSR count). The quantitative estimate of drug-likeness (QED) is 0.569. The van der Waals surface area contributed by atoms with Crippen LogP contribution in [0.5, 0.6) is 0 Å². The number of fused-ring (bicyclic) bond motifs is 1. The van der Waals surface area contributed by atoms with Gasteiger partial charge in [0.1, 0.15) is 23.4 Å². The molecule has 2 heterocycles. The molecule has 1 aromatic rings. The second-order valence-electron chi connectivity index (χ2n) is 6.57. The largest absolute Gasteiger partial charge is 0.481 e. The average Bonchev–Trinajstić information content (AvgIpc) is 2.64. The van der Waals surface area contributed by atoms with Crippen LogP contribution < -0.4 is 11.1 Å². The molecule has 2 aliphatic heterocycles. The molecule has 0 spiro atoms. The zero-order chi connectivity index (χ0) is 19.6. The summed E-state index contributed by atoms with van der Waals surface area (Å²) >= 11 is 1.24. The van der Waals surface area contributed by atoms with E-state index in [0.29, 0.717) is 0 Å². The van der Waals surface area contributed by atoms with Crippen molar-refractivity contribution in [2.75, 3.05) is 18.9 Å². The fraction of sp³-hybridized carbons (Fsp3) is 0.412. The van der Waals surface area contributed by atoms with Gasteiger partial charge in [-0.2, -0.15) is 0 Å². The van der Waals surface area contributed by atoms with E-state index in [-0.39, 0.29) is 35.9 Å². The Morgan fingerprint density at radius 3 is 2.67 bits per heavy atom. The molecular formula is C17H19N3O6S. The Bertz CT molecular complexity index is 773. The molecule has 1 aromatic carbocycles. The number of β-lactam (4-membered cyclic amide) rings is 1. The standard InChI is InChI=1S/C17H19N3O6S/c18-16(25)26-8-17(15(23)24)7-20-13(22)12(14(20)27-9-17)19-11(21)6-10-4-2-1-3-5-10/h1-5,12,14H,6-9H2,(H2,18,25)(H,19,21)(H,23,24)/t12?,14-,17?/m1/s1. The van der Waals surface area contributed by atoms with Crippen molar-refractivity contribution in [1.82, 2.24) is 10.2 Å². The molecule has 0 aromatic heterocycles. The first-order valence-corrected chi connectivity index (χ1v) is 9.28. The van der Waals surface area contributed by atoms with Crippen molar-refractivity contribution < 1.29 is 29.0 Å². The maximum Gasteiger partial charge on any atom is 0.404 e. The number of amides is 3. The molecule has 2 fully saturated rings. The molecule has 2 unspecified atom stereocenters. The van der Waals surface area contributed by atoms with Gasteiger partial charge in [0.05, 0.1) is 6.42 Å². The maximum atomic E-state index is 12.4. The number of rotatable bonds is 6. The van der Waals surface area contributed by atoms with Crippen LogP contribution in [0.2, 0.25) is 0 Å². The highest BCUT2D eigenvalue weighted by Crippen LogP contribution is 2.42. The van der Waals surface area contributed by atoms with Crippen molar-refractivity contribution >= 4 is 35.6 Å². The Morgan fingerprint density at radius 1 is 1.33 bits per heavy atom. The van der Waals surface area contributed by atoms with E-state index in [4.69, 9.17) is 5.73 Å². The number of aliphatic carboxylic acids is 1. The number of benzene rings is 1. The highest BCUT2D eigenvalue weighted by molar-refractivity contribution is 8.00. The van der Waals surface area contributed by atoms with Crippen molar-refractivity contribution in [3.05, 3.63) is 35.9 Å². The Hall–Kier alpha value is -2.75. The lowest BCUT2D eigenvalue weighted by Crippen LogP contribution is -2.74. The van der Waals surface area contributed by atoms with Gasteiger partial charge < -0.3 is 25.8 Å². The molecule has 2 saturated heterocycles. The molecule has 0 radical (unpaired) electrons. The van der Waals surface area contributed by atoms with Crippen LogP contribution in [0.25, 0.3) is 0 Å². The first kappa shape index (κ1) is 19.0. The van der Waals surface area contributed by atoms with Gasteiger partial charge in [-0.05, 0) is 5.56 Å². The van der Waals surface area contributed by atoms with Crippen LogP contribution in [0.1, 0.15) is 5.56 Å². The molecule has 9 nitrogen and oxygen atoms in total. The molecule has 0 saturated carbocycles. The van der Waals surface area contributed by atoms with Crippen molar-refractivity contribution in [1.29, 1.82) is 0 Å². The molecule has 4 N–H and O–H groups in total. The van der Waals surface area contributed by atoms with Gasteiger partial charge in [-0.3, -0.25) is 14.4 Å². The summed E-state index contributed by atoms with van der Waals surface area (Å²) < 4.78 is 4.68. The van der Waals surface area contributed by atoms with Crippen molar-refractivity contribution in [3.8, 4) is 0 Å². The summed E-state index contributed by atoms with van der Waals surface area (Å²) in [6, 6.07) is 8.47. The Labute approximate surface area is 159 Å². The van der Waals surface area contributed by atoms with Gasteiger partial charge in [-0.15, -0.1) is 11.8 Å². The van der Waals surface area contributed by atoms with E-state index >= 15 is 0 Å². The third-order valence-electron chi connectivity index (χ3n) is 4.61. The van der Waals surface area contributed by atoms with Gasteiger partial charge in [0.15, 0.2) is 0 Å². The number of thioether (sulfide) groups is 1. The summed E-state index contributed by atoms with van der Waals surface area (Å²) in [6.07, 6.45) is -0.906. The van der Waals surface area contributed by atoms with Crippen LogP contribution >= 0.6 is 11.8 Å². The number of carbonyl (C=O) groups excluding carboxylic acids is 3. The second kappa shape index (κ2) is 7.47. The van der Waals surface area contributed by atoms with Gasteiger partial charge >= 0.3 is 12.1 Å². The van der Waals surface area contributed by atoms with E-state index in [0.717, 1.165) is 5.56 Å². The van der Waals surface area contributed by atoms with E-state index < -0.39 is 30.1 Å². The van der Waals surface area contributed by atoms with Gasteiger partial charge in [0.25, 0.3) is 0 Å². The number of nitrogens with two attached hydrogens (primary N) is 1. The van der Waals surface area contributed by atoms with Gasteiger partial charge in [0, 0.05) is 12.3 Å². The van der Waals surface area contributed by atoms with Crippen LogP contribution in [-0.4, -0.2) is 64.2 Å². The van der Waals surface area contributed by atoms with Crippen LogP contribution in [0, 0.1) is 5.41 Å². The first-order chi connectivity index (χ1) is 12.8. The molecular weight excluding hydrogens is 374 g/mol. The Morgan fingerprint density at radius 2 is 2.04 bits per heavy atom. The Kier molecular flexibility index (Phi) is 5.26. The van der Waals surface area contributed by atoms with Crippen molar-refractivity contribution in [2.45, 2.75) is 17.8 Å². The number of carboxylic acid groups (broad SMARTS) is 1. The molecule has 3 amide bonds. The summed E-state index contributed by atoms with van der Waals surface area (Å²) in [6.45, 7) is -0.511. The fourth-order valence-corrected chi connectivity index (χ4v) is 4.64. The van der Waals surface area contributed by atoms with Crippen LogP contribution in [0.3, 0.4) is 0 Å². The summed E-state index contributed by atoms with van der Waals surface area (Å²) in [5, 5.41) is 11.9. The maximum absolute atomic E-state index is 12.4. The number of hydrogen-bond donors (Lipinski definition) is 3. The zero-order valence-electron chi connectivity index (χ0n) is 14.3. The number of nitrogens with zero attached hydrogens (tertiary/aromatic N) is 1. The minimum absolute atomic E-state index is 0.100. The first-order valence-electron chi connectivity index (χ1n) is 8.23. The van der Waals surface area contributed by atoms with Crippen molar-refractivity contribution in [2.24, 2.45) is 11.1 Å². The lowest BCUT2D eigenvalue weighted by atomic mass is 9.88. The van der Waals surface area contributed by atoms with Gasteiger partial charge in [0.2, 0.25) is 11.8 Å². The molecule has 0 bridgehead atoms. The van der Waals surface area contributed by atoms with Crippen LogP contribution in [-0.2, 0) is 25.5 Å². The molecule has 3 atom stereocenters. The highest BCUT2D eigenvalue weighted by Gasteiger charge is 2.57. The monoisotopic (exact) mass is 393 g/mol. The predicted octanol–water partition coefficient (Wildman–Crippen LogP) is -0.205. The van der Waals surface area contributed by atoms with E-state index in [1.807, 2.05) is 30.3 Å². The average molecular weight is 393 g/mol. The topological polar surface area (TPSA) is 139 Å². The summed E-state index contributed by atoms with van der Waals surface area (Å²) in [5.41, 5.74) is 4.35. The number of primary amides is 1. The second-order valence-corrected chi connectivity index (χ2v) is 7.67. The van der Waals surface area contributed by atoms with Gasteiger partial charge in [-0.1, -0.05) is 30.3 Å². The van der Waals surface area contributed by atoms with Crippen LogP contribution in [0.15, 0.2) is 30.3 Å². The van der Waals surface area contributed by atoms with E-state index in [9.17, 15) is 24.3 Å². The molecule has 10 heteroatoms. The van der Waals surface area contributed by atoms with E-state index in [1.165, 1.54) is 16.7 Å². The number of carboxylic acids is 1. The van der Waals surface area contributed by atoms with Gasteiger partial charge in [-0.25, -0.2) is 4.79 Å². The minimum Gasteiger partial charge on any atom is -0.481 e. The SMILES string of the molecule is NC(=O)OCC1(C(=O)O)CS[C@@H]2C(NC(=O)Cc3ccccc3)C(=O)N2C1.